The van der Waals surface area contributed by atoms with E-state index < -0.39 is 0 Å². The van der Waals surface area contributed by atoms with Gasteiger partial charge in [0.15, 0.2) is 0 Å². The van der Waals surface area contributed by atoms with Crippen molar-refractivity contribution in [2.45, 2.75) is 0 Å². The molecule has 1 heterocycles. The predicted octanol–water partition coefficient (Wildman–Crippen LogP) is 3.15. The van der Waals surface area contributed by atoms with E-state index in [4.69, 9.17) is 21.1 Å². The number of ether oxygens (including phenoxy) is 2. The average molecular weight is 360 g/mol. The van der Waals surface area contributed by atoms with Gasteiger partial charge in [0.1, 0.15) is 11.5 Å². The van der Waals surface area contributed by atoms with E-state index in [0.29, 0.717) is 17.4 Å². The fourth-order valence-electron chi connectivity index (χ4n) is 1.36. The molecule has 0 N–H and O–H groups in total. The largest absolute Gasteiger partial charge is 0.497 e. The molecule has 6 nitrogen and oxygen atoms in total. The Hall–Kier alpha value is -1.60. The number of hydrogen-bond acceptors (Lipinski definition) is 6. The van der Waals surface area contributed by atoms with Crippen LogP contribution in [0.15, 0.2) is 22.7 Å². The van der Waals surface area contributed by atoms with E-state index >= 15 is 0 Å². The van der Waals surface area contributed by atoms with Gasteiger partial charge in [-0.15, -0.1) is 0 Å². The van der Waals surface area contributed by atoms with Gasteiger partial charge < -0.3 is 14.4 Å². The summed E-state index contributed by atoms with van der Waals surface area (Å²) >= 11 is 9.24. The molecule has 0 aliphatic carbocycles. The van der Waals surface area contributed by atoms with Crippen molar-refractivity contribution in [3.8, 4) is 17.5 Å². The van der Waals surface area contributed by atoms with Crippen molar-refractivity contribution in [3.05, 3.63) is 28.0 Å². The van der Waals surface area contributed by atoms with Crippen molar-refractivity contribution in [2.75, 3.05) is 26.1 Å². The number of rotatable bonds is 4. The van der Waals surface area contributed by atoms with Crippen LogP contribution in [-0.2, 0) is 0 Å². The fraction of sp³-hybridized carbons (Fsp3) is 0.250. The van der Waals surface area contributed by atoms with Crippen LogP contribution in [0.1, 0.15) is 0 Å². The molecule has 1 aromatic carbocycles. The highest BCUT2D eigenvalue weighted by atomic mass is 79.9. The number of halogens is 2. The molecule has 0 amide bonds. The van der Waals surface area contributed by atoms with Crippen LogP contribution in [0.5, 0.6) is 17.5 Å². The molecule has 1 aromatic heterocycles. The Labute approximate surface area is 129 Å². The molecular weight excluding hydrogens is 348 g/mol. The average Bonchev–Trinajstić information content (AvgIpc) is 2.40. The minimum absolute atomic E-state index is 0.0725. The monoisotopic (exact) mass is 358 g/mol. The van der Waals surface area contributed by atoms with Crippen LogP contribution in [0.2, 0.25) is 5.28 Å². The lowest BCUT2D eigenvalue weighted by molar-refractivity contribution is 0.409. The van der Waals surface area contributed by atoms with Crippen molar-refractivity contribution >= 4 is 33.5 Å². The maximum Gasteiger partial charge on any atom is 0.328 e. The Morgan fingerprint density at radius 1 is 1.20 bits per heavy atom. The Balaban J connectivity index is 2.30. The van der Waals surface area contributed by atoms with Crippen molar-refractivity contribution in [1.82, 2.24) is 15.0 Å². The maximum absolute atomic E-state index is 5.85. The Morgan fingerprint density at radius 3 is 2.55 bits per heavy atom. The highest BCUT2D eigenvalue weighted by molar-refractivity contribution is 9.10. The molecule has 0 bridgehead atoms. The fourth-order valence-corrected chi connectivity index (χ4v) is 1.94. The van der Waals surface area contributed by atoms with Gasteiger partial charge in [-0.1, -0.05) is 0 Å². The number of methoxy groups -OCH3 is 1. The minimum Gasteiger partial charge on any atom is -0.497 e. The number of benzene rings is 1. The first-order valence-corrected chi connectivity index (χ1v) is 6.77. The highest BCUT2D eigenvalue weighted by Gasteiger charge is 2.11. The molecule has 0 spiro atoms. The van der Waals surface area contributed by atoms with E-state index in [1.807, 2.05) is 0 Å². The van der Waals surface area contributed by atoms with E-state index in [1.54, 1.807) is 44.3 Å². The first kappa shape index (κ1) is 14.8. The van der Waals surface area contributed by atoms with E-state index in [1.165, 1.54) is 0 Å². The Bertz CT molecular complexity index is 624. The van der Waals surface area contributed by atoms with Crippen molar-refractivity contribution in [1.29, 1.82) is 0 Å². The molecule has 0 aliphatic rings. The summed E-state index contributed by atoms with van der Waals surface area (Å²) in [5, 5.41) is 0.0725. The van der Waals surface area contributed by atoms with E-state index in [2.05, 4.69) is 30.9 Å². The summed E-state index contributed by atoms with van der Waals surface area (Å²) in [6.07, 6.45) is 0. The topological polar surface area (TPSA) is 60.4 Å². The molecule has 8 heteroatoms. The van der Waals surface area contributed by atoms with Gasteiger partial charge in [-0.25, -0.2) is 0 Å². The second-order valence-corrected chi connectivity index (χ2v) is 5.17. The van der Waals surface area contributed by atoms with Crippen LogP contribution in [-0.4, -0.2) is 36.2 Å². The first-order chi connectivity index (χ1) is 9.49. The molecule has 0 unspecified atom stereocenters. The lowest BCUT2D eigenvalue weighted by Gasteiger charge is -2.12. The van der Waals surface area contributed by atoms with Crippen LogP contribution < -0.4 is 14.4 Å². The summed E-state index contributed by atoms with van der Waals surface area (Å²) in [5.41, 5.74) is 0. The third-order valence-corrected chi connectivity index (χ3v) is 3.10. The van der Waals surface area contributed by atoms with E-state index in [0.717, 1.165) is 4.47 Å². The summed E-state index contributed by atoms with van der Waals surface area (Å²) < 4.78 is 11.4. The molecule has 0 aliphatic heterocycles. The molecule has 0 saturated carbocycles. The zero-order chi connectivity index (χ0) is 14.7. The SMILES string of the molecule is COc1ccc(Oc2nc(Cl)nc(N(C)C)n2)c(Br)c1. The van der Waals surface area contributed by atoms with Crippen LogP contribution >= 0.6 is 27.5 Å². The maximum atomic E-state index is 5.85. The molecule has 0 fully saturated rings. The third-order valence-electron chi connectivity index (χ3n) is 2.32. The van der Waals surface area contributed by atoms with Gasteiger partial charge in [0.2, 0.25) is 11.2 Å². The normalized spacial score (nSPS) is 10.2. The van der Waals surface area contributed by atoms with Crippen LogP contribution in [0.3, 0.4) is 0 Å². The number of anilines is 1. The summed E-state index contributed by atoms with van der Waals surface area (Å²) in [6, 6.07) is 5.43. The standard InChI is InChI=1S/C12H12BrClN4O2/c1-18(2)11-15-10(14)16-12(17-11)20-9-5-4-7(19-3)6-8(9)13/h4-6H,1-3H3. The lowest BCUT2D eigenvalue weighted by Crippen LogP contribution is -2.13. The van der Waals surface area contributed by atoms with Crippen LogP contribution in [0.4, 0.5) is 5.95 Å². The zero-order valence-corrected chi connectivity index (χ0v) is 13.4. The number of aromatic nitrogens is 3. The smallest absolute Gasteiger partial charge is 0.328 e. The van der Waals surface area contributed by atoms with Gasteiger partial charge in [-0.2, -0.15) is 15.0 Å². The van der Waals surface area contributed by atoms with Gasteiger partial charge in [0.25, 0.3) is 0 Å². The van der Waals surface area contributed by atoms with Crippen molar-refractivity contribution in [2.24, 2.45) is 0 Å². The molecule has 20 heavy (non-hydrogen) atoms. The van der Waals surface area contributed by atoms with E-state index in [9.17, 15) is 0 Å². The van der Waals surface area contributed by atoms with Crippen molar-refractivity contribution < 1.29 is 9.47 Å². The molecule has 2 aromatic rings. The van der Waals surface area contributed by atoms with Crippen LogP contribution in [0, 0.1) is 0 Å². The summed E-state index contributed by atoms with van der Waals surface area (Å²) in [4.78, 5) is 13.8. The van der Waals surface area contributed by atoms with Gasteiger partial charge in [0.05, 0.1) is 11.6 Å². The summed E-state index contributed by atoms with van der Waals surface area (Å²) in [5.74, 6) is 1.69. The van der Waals surface area contributed by atoms with Gasteiger partial charge in [-0.3, -0.25) is 0 Å². The third kappa shape index (κ3) is 3.49. The van der Waals surface area contributed by atoms with Gasteiger partial charge in [0, 0.05) is 14.1 Å². The lowest BCUT2D eigenvalue weighted by atomic mass is 10.3. The molecule has 0 radical (unpaired) electrons. The summed E-state index contributed by atoms with van der Waals surface area (Å²) in [6.45, 7) is 0. The number of hydrogen-bond donors (Lipinski definition) is 0. The number of nitrogens with zero attached hydrogens (tertiary/aromatic N) is 4. The van der Waals surface area contributed by atoms with Crippen LogP contribution in [0.25, 0.3) is 0 Å². The predicted molar refractivity (Wildman–Crippen MR) is 79.9 cm³/mol. The quantitative estimate of drug-likeness (QED) is 0.836. The second-order valence-electron chi connectivity index (χ2n) is 3.98. The second kappa shape index (κ2) is 6.23. The Kier molecular flexibility index (Phi) is 4.61. The van der Waals surface area contributed by atoms with Gasteiger partial charge in [-0.05, 0) is 45.7 Å². The minimum atomic E-state index is 0.0725. The molecule has 0 atom stereocenters. The highest BCUT2D eigenvalue weighted by Crippen LogP contribution is 2.32. The molecular formula is C12H12BrClN4O2. The molecule has 0 saturated heterocycles. The Morgan fingerprint density at radius 2 is 1.95 bits per heavy atom. The summed E-state index contributed by atoms with van der Waals surface area (Å²) in [7, 11) is 5.20. The molecule has 106 valence electrons. The van der Waals surface area contributed by atoms with Gasteiger partial charge >= 0.3 is 6.01 Å². The van der Waals surface area contributed by atoms with E-state index in [-0.39, 0.29) is 11.3 Å². The zero-order valence-electron chi connectivity index (χ0n) is 11.1. The first-order valence-electron chi connectivity index (χ1n) is 5.60. The van der Waals surface area contributed by atoms with Crippen molar-refractivity contribution in [3.63, 3.8) is 0 Å². The molecule has 2 rings (SSSR count).